The molecule has 2 aromatic rings. The monoisotopic (exact) mass is 375 g/mol. The number of anilines is 1. The number of hydrogen-bond acceptors (Lipinski definition) is 5. The molecule has 1 aliphatic rings. The number of carbonyl (C=O) groups is 1. The van der Waals surface area contributed by atoms with E-state index in [2.05, 4.69) is 15.0 Å². The van der Waals surface area contributed by atoms with Gasteiger partial charge in [-0.1, -0.05) is 12.1 Å². The Morgan fingerprint density at radius 1 is 1.27 bits per heavy atom. The third-order valence-electron chi connectivity index (χ3n) is 4.31. The third kappa shape index (κ3) is 4.13. The molecule has 3 rings (SSSR count). The lowest BCUT2D eigenvalue weighted by Crippen LogP contribution is -2.35. The number of rotatable bonds is 7. The van der Waals surface area contributed by atoms with E-state index in [-0.39, 0.29) is 22.2 Å². The van der Waals surface area contributed by atoms with E-state index < -0.39 is 15.9 Å². The highest BCUT2D eigenvalue weighted by Crippen LogP contribution is 2.32. The highest BCUT2D eigenvalue weighted by molar-refractivity contribution is 7.92. The van der Waals surface area contributed by atoms with Gasteiger partial charge in [0.25, 0.3) is 15.9 Å². The fourth-order valence-corrected chi connectivity index (χ4v) is 3.92. The molecule has 1 aromatic heterocycles. The van der Waals surface area contributed by atoms with Crippen LogP contribution in [0.25, 0.3) is 0 Å². The van der Waals surface area contributed by atoms with Crippen molar-refractivity contribution in [3.8, 4) is 5.75 Å². The number of nitrogens with one attached hydrogen (secondary N) is 2. The molecule has 1 heterocycles. The molecule has 8 heteroatoms. The quantitative estimate of drug-likeness (QED) is 0.775. The first kappa shape index (κ1) is 18.2. The molecule has 1 aromatic carbocycles. The predicted octanol–water partition coefficient (Wildman–Crippen LogP) is 2.42. The Kier molecular flexibility index (Phi) is 5.13. The number of ether oxygens (including phenoxy) is 1. The number of benzene rings is 1. The van der Waals surface area contributed by atoms with E-state index in [0.717, 1.165) is 12.8 Å². The maximum Gasteiger partial charge on any atom is 0.262 e. The molecule has 26 heavy (non-hydrogen) atoms. The second-order valence-corrected chi connectivity index (χ2v) is 7.97. The first-order valence-corrected chi connectivity index (χ1v) is 9.81. The van der Waals surface area contributed by atoms with Crippen LogP contribution in [0.3, 0.4) is 0 Å². The van der Waals surface area contributed by atoms with Crippen molar-refractivity contribution in [2.24, 2.45) is 5.92 Å². The van der Waals surface area contributed by atoms with Crippen LogP contribution in [0.4, 0.5) is 5.69 Å². The first-order valence-electron chi connectivity index (χ1n) is 8.32. The number of methoxy groups -OCH3 is 1. The van der Waals surface area contributed by atoms with Crippen molar-refractivity contribution in [1.82, 2.24) is 10.3 Å². The molecule has 0 saturated heterocycles. The summed E-state index contributed by atoms with van der Waals surface area (Å²) in [7, 11) is -2.49. The van der Waals surface area contributed by atoms with Gasteiger partial charge in [0.1, 0.15) is 10.6 Å². The number of pyridine rings is 1. The van der Waals surface area contributed by atoms with Gasteiger partial charge in [0, 0.05) is 12.1 Å². The highest BCUT2D eigenvalue weighted by Gasteiger charge is 2.30. The van der Waals surface area contributed by atoms with Gasteiger partial charge in [-0.3, -0.25) is 14.5 Å². The van der Waals surface area contributed by atoms with Crippen LogP contribution in [-0.4, -0.2) is 32.5 Å². The Balaban J connectivity index is 1.86. The van der Waals surface area contributed by atoms with E-state index in [1.807, 2.05) is 6.92 Å². The number of carbonyl (C=O) groups excluding carboxylic acids is 1. The topological polar surface area (TPSA) is 97.4 Å². The number of nitrogens with zero attached hydrogens (tertiary/aromatic N) is 1. The molecule has 7 nitrogen and oxygen atoms in total. The molecular weight excluding hydrogens is 354 g/mol. The number of aromatic nitrogens is 1. The fraction of sp³-hybridized carbons (Fsp3) is 0.333. The maximum absolute atomic E-state index is 12.8. The molecule has 1 atom stereocenters. The van der Waals surface area contributed by atoms with Gasteiger partial charge in [-0.2, -0.15) is 0 Å². The van der Waals surface area contributed by atoms with Crippen LogP contribution in [0.5, 0.6) is 5.75 Å². The smallest absolute Gasteiger partial charge is 0.262 e. The van der Waals surface area contributed by atoms with Crippen LogP contribution in [0.15, 0.2) is 47.6 Å². The molecule has 1 saturated carbocycles. The molecule has 0 radical (unpaired) electrons. The zero-order valence-electron chi connectivity index (χ0n) is 14.6. The minimum absolute atomic E-state index is 0.0220. The lowest BCUT2D eigenvalue weighted by molar-refractivity contribution is 0.0932. The Labute approximate surface area is 152 Å². The summed E-state index contributed by atoms with van der Waals surface area (Å²) in [6, 6.07) is 7.68. The summed E-state index contributed by atoms with van der Waals surface area (Å²) in [6.07, 6.45) is 5.02. The summed E-state index contributed by atoms with van der Waals surface area (Å²) in [5, 5.41) is 2.89. The Morgan fingerprint density at radius 3 is 2.69 bits per heavy atom. The second kappa shape index (κ2) is 7.33. The molecule has 0 aliphatic heterocycles. The Hall–Kier alpha value is -2.61. The molecule has 0 spiro atoms. The summed E-state index contributed by atoms with van der Waals surface area (Å²) >= 11 is 0. The predicted molar refractivity (Wildman–Crippen MR) is 97.7 cm³/mol. The lowest BCUT2D eigenvalue weighted by atomic mass is 10.1. The lowest BCUT2D eigenvalue weighted by Gasteiger charge is -2.16. The second-order valence-electron chi connectivity index (χ2n) is 6.31. The van der Waals surface area contributed by atoms with Crippen molar-refractivity contribution < 1.29 is 17.9 Å². The Bertz CT molecular complexity index is 910. The van der Waals surface area contributed by atoms with Crippen molar-refractivity contribution in [3.63, 3.8) is 0 Å². The molecule has 1 fully saturated rings. The third-order valence-corrected chi connectivity index (χ3v) is 5.75. The summed E-state index contributed by atoms with van der Waals surface area (Å²) in [6.45, 7) is 1.94. The van der Waals surface area contributed by atoms with E-state index in [1.165, 1.54) is 37.7 Å². The van der Waals surface area contributed by atoms with E-state index in [0.29, 0.717) is 11.7 Å². The number of hydrogen-bond donors (Lipinski definition) is 2. The van der Waals surface area contributed by atoms with E-state index in [1.54, 1.807) is 12.1 Å². The average Bonchev–Trinajstić information content (AvgIpc) is 3.46. The van der Waals surface area contributed by atoms with E-state index >= 15 is 0 Å². The molecule has 1 unspecified atom stereocenters. The molecular formula is C18H21N3O4S. The van der Waals surface area contributed by atoms with Crippen molar-refractivity contribution in [2.75, 3.05) is 11.8 Å². The van der Waals surface area contributed by atoms with Gasteiger partial charge in [-0.05, 0) is 37.8 Å². The van der Waals surface area contributed by atoms with Crippen molar-refractivity contribution in [1.29, 1.82) is 0 Å². The SMILES string of the molecule is COc1cncc(NS(=O)(=O)c2ccccc2C(=O)NC(C)C2CC2)c1. The van der Waals surface area contributed by atoms with E-state index in [9.17, 15) is 13.2 Å². The number of sulfonamides is 1. The first-order chi connectivity index (χ1) is 12.4. The van der Waals surface area contributed by atoms with Gasteiger partial charge in [-0.15, -0.1) is 0 Å². The van der Waals surface area contributed by atoms with Crippen molar-refractivity contribution in [2.45, 2.75) is 30.7 Å². The largest absolute Gasteiger partial charge is 0.495 e. The molecule has 0 bridgehead atoms. The Morgan fingerprint density at radius 2 is 2.00 bits per heavy atom. The van der Waals surface area contributed by atoms with Crippen LogP contribution in [0.2, 0.25) is 0 Å². The maximum atomic E-state index is 12.8. The summed E-state index contributed by atoms with van der Waals surface area (Å²) in [5.74, 6) is 0.507. The van der Waals surface area contributed by atoms with E-state index in [4.69, 9.17) is 4.74 Å². The summed E-state index contributed by atoms with van der Waals surface area (Å²) in [5.41, 5.74) is 0.370. The normalized spacial score (nSPS) is 15.2. The summed E-state index contributed by atoms with van der Waals surface area (Å²) in [4.78, 5) is 16.4. The zero-order valence-corrected chi connectivity index (χ0v) is 15.4. The minimum atomic E-state index is -3.96. The van der Waals surface area contributed by atoms with Crippen LogP contribution in [0, 0.1) is 5.92 Å². The number of amides is 1. The molecule has 2 N–H and O–H groups in total. The van der Waals surface area contributed by atoms with Gasteiger partial charge in [0.15, 0.2) is 0 Å². The fourth-order valence-electron chi connectivity index (χ4n) is 2.68. The van der Waals surface area contributed by atoms with Gasteiger partial charge in [-0.25, -0.2) is 8.42 Å². The van der Waals surface area contributed by atoms with Gasteiger partial charge >= 0.3 is 0 Å². The summed E-state index contributed by atoms with van der Waals surface area (Å²) < 4.78 is 33.1. The minimum Gasteiger partial charge on any atom is -0.495 e. The van der Waals surface area contributed by atoms with Gasteiger partial charge in [0.05, 0.1) is 30.8 Å². The van der Waals surface area contributed by atoms with Crippen LogP contribution in [-0.2, 0) is 10.0 Å². The van der Waals surface area contributed by atoms with Crippen LogP contribution < -0.4 is 14.8 Å². The molecule has 1 amide bonds. The average molecular weight is 375 g/mol. The van der Waals surface area contributed by atoms with Crippen LogP contribution >= 0.6 is 0 Å². The highest BCUT2D eigenvalue weighted by atomic mass is 32.2. The zero-order chi connectivity index (χ0) is 18.7. The van der Waals surface area contributed by atoms with Crippen LogP contribution in [0.1, 0.15) is 30.1 Å². The standard InChI is InChI=1S/C18H21N3O4S/c1-12(13-7-8-13)20-18(22)16-5-3-4-6-17(16)26(23,24)21-14-9-15(25-2)11-19-10-14/h3-6,9-13,21H,7-8H2,1-2H3,(H,20,22). The van der Waals surface area contributed by atoms with Crippen molar-refractivity contribution in [3.05, 3.63) is 48.3 Å². The van der Waals surface area contributed by atoms with Crippen molar-refractivity contribution >= 4 is 21.6 Å². The van der Waals surface area contributed by atoms with Gasteiger partial charge < -0.3 is 10.1 Å². The van der Waals surface area contributed by atoms with Gasteiger partial charge in [0.2, 0.25) is 0 Å². The molecule has 1 aliphatic carbocycles. The molecule has 138 valence electrons.